The summed E-state index contributed by atoms with van der Waals surface area (Å²) in [6.07, 6.45) is 3.56. The molecule has 0 atom stereocenters. The number of aromatic nitrogens is 1. The van der Waals surface area contributed by atoms with Crippen LogP contribution in [-0.2, 0) is 11.3 Å². The van der Waals surface area contributed by atoms with Crippen LogP contribution in [0.1, 0.15) is 32.3 Å². The third-order valence-corrected chi connectivity index (χ3v) is 5.14. The second-order valence-electron chi connectivity index (χ2n) is 7.18. The summed E-state index contributed by atoms with van der Waals surface area (Å²) in [5.74, 6) is 1.65. The number of ether oxygens (including phenoxy) is 1. The lowest BCUT2D eigenvalue weighted by Gasteiger charge is -2.31. The first-order valence-electron chi connectivity index (χ1n) is 9.40. The minimum Gasteiger partial charge on any atom is -0.491 e. The molecule has 0 aliphatic carbocycles. The van der Waals surface area contributed by atoms with E-state index in [1.807, 2.05) is 44.2 Å². The monoisotopic (exact) mass is 431 g/mol. The number of piperidine rings is 1. The summed E-state index contributed by atoms with van der Waals surface area (Å²) in [6.45, 7) is 6.75. The standard InChI is InChI=1S/C21H26BrN3O2/c1-15(2)27-19-6-4-3-5-17(19)14-25-11-9-16(10-12-25)21(26)24-20-8-7-18(22)13-23-20/h3-8,13,15-16H,9-12,14H2,1-2H3,(H,23,24,26). The number of nitrogens with zero attached hydrogens (tertiary/aromatic N) is 2. The van der Waals surface area contributed by atoms with E-state index in [0.29, 0.717) is 5.82 Å². The van der Waals surface area contributed by atoms with Gasteiger partial charge in [-0.15, -0.1) is 0 Å². The van der Waals surface area contributed by atoms with Crippen molar-refractivity contribution in [1.29, 1.82) is 0 Å². The largest absolute Gasteiger partial charge is 0.491 e. The van der Waals surface area contributed by atoms with Crippen LogP contribution in [0.2, 0.25) is 0 Å². The number of carbonyl (C=O) groups is 1. The van der Waals surface area contributed by atoms with E-state index in [-0.39, 0.29) is 17.9 Å². The van der Waals surface area contributed by atoms with Gasteiger partial charge in [-0.3, -0.25) is 9.69 Å². The van der Waals surface area contributed by atoms with Crippen LogP contribution < -0.4 is 10.1 Å². The molecule has 1 saturated heterocycles. The van der Waals surface area contributed by atoms with Gasteiger partial charge in [-0.05, 0) is 73.9 Å². The molecule has 0 saturated carbocycles. The molecule has 5 nitrogen and oxygen atoms in total. The summed E-state index contributed by atoms with van der Waals surface area (Å²) in [5.41, 5.74) is 1.20. The molecule has 0 radical (unpaired) electrons. The molecule has 6 heteroatoms. The van der Waals surface area contributed by atoms with E-state index < -0.39 is 0 Å². The average Bonchev–Trinajstić information content (AvgIpc) is 2.65. The fourth-order valence-corrected chi connectivity index (χ4v) is 3.51. The highest BCUT2D eigenvalue weighted by atomic mass is 79.9. The quantitative estimate of drug-likeness (QED) is 0.732. The number of likely N-dealkylation sites (tertiary alicyclic amines) is 1. The zero-order valence-electron chi connectivity index (χ0n) is 15.8. The maximum absolute atomic E-state index is 12.5. The first-order chi connectivity index (χ1) is 13.0. The maximum Gasteiger partial charge on any atom is 0.228 e. The molecule has 2 heterocycles. The number of nitrogens with one attached hydrogen (secondary N) is 1. The molecule has 1 aliphatic heterocycles. The zero-order valence-corrected chi connectivity index (χ0v) is 17.4. The minimum absolute atomic E-state index is 0.0360. The van der Waals surface area contributed by atoms with Crippen molar-refractivity contribution < 1.29 is 9.53 Å². The highest BCUT2D eigenvalue weighted by molar-refractivity contribution is 9.10. The van der Waals surface area contributed by atoms with Crippen molar-refractivity contribution in [2.24, 2.45) is 5.92 Å². The highest BCUT2D eigenvalue weighted by Crippen LogP contribution is 2.25. The van der Waals surface area contributed by atoms with Crippen molar-refractivity contribution in [3.05, 3.63) is 52.6 Å². The number of pyridine rings is 1. The molecule has 1 fully saturated rings. The number of rotatable bonds is 6. The van der Waals surface area contributed by atoms with Gasteiger partial charge in [-0.25, -0.2) is 4.98 Å². The smallest absolute Gasteiger partial charge is 0.228 e. The molecule has 0 unspecified atom stereocenters. The van der Waals surface area contributed by atoms with E-state index in [2.05, 4.69) is 37.2 Å². The summed E-state index contributed by atoms with van der Waals surface area (Å²) in [6, 6.07) is 11.9. The van der Waals surface area contributed by atoms with Crippen molar-refractivity contribution >= 4 is 27.7 Å². The minimum atomic E-state index is 0.0360. The Hall–Kier alpha value is -1.92. The molecule has 2 aromatic rings. The lowest BCUT2D eigenvalue weighted by Crippen LogP contribution is -2.38. The Morgan fingerprint density at radius 3 is 2.67 bits per heavy atom. The van der Waals surface area contributed by atoms with Gasteiger partial charge in [0.1, 0.15) is 11.6 Å². The van der Waals surface area contributed by atoms with Gasteiger partial charge >= 0.3 is 0 Å². The van der Waals surface area contributed by atoms with Crippen LogP contribution in [0.5, 0.6) is 5.75 Å². The molecule has 1 aliphatic rings. The van der Waals surface area contributed by atoms with Crippen molar-refractivity contribution in [3.8, 4) is 5.75 Å². The molecule has 144 valence electrons. The van der Waals surface area contributed by atoms with E-state index in [0.717, 1.165) is 42.7 Å². The predicted octanol–water partition coefficient (Wildman–Crippen LogP) is 4.48. The summed E-state index contributed by atoms with van der Waals surface area (Å²) in [5, 5.41) is 2.92. The molecule has 1 aromatic carbocycles. The van der Waals surface area contributed by atoms with E-state index in [1.54, 1.807) is 6.20 Å². The van der Waals surface area contributed by atoms with E-state index in [4.69, 9.17) is 4.74 Å². The Morgan fingerprint density at radius 2 is 2.00 bits per heavy atom. The topological polar surface area (TPSA) is 54.5 Å². The van der Waals surface area contributed by atoms with Gasteiger partial charge in [0.05, 0.1) is 6.10 Å². The Bertz CT molecular complexity index is 756. The van der Waals surface area contributed by atoms with Crippen molar-refractivity contribution in [1.82, 2.24) is 9.88 Å². The Balaban J connectivity index is 1.52. The fourth-order valence-electron chi connectivity index (χ4n) is 3.28. The van der Waals surface area contributed by atoms with Crippen molar-refractivity contribution in [2.75, 3.05) is 18.4 Å². The summed E-state index contributed by atoms with van der Waals surface area (Å²) in [4.78, 5) is 19.1. The van der Waals surface area contributed by atoms with Gasteiger partial charge in [-0.1, -0.05) is 18.2 Å². The number of hydrogen-bond acceptors (Lipinski definition) is 4. The summed E-state index contributed by atoms with van der Waals surface area (Å²) in [7, 11) is 0. The molecular weight excluding hydrogens is 406 g/mol. The molecular formula is C21H26BrN3O2. The Labute approximate surface area is 169 Å². The lowest BCUT2D eigenvalue weighted by atomic mass is 9.95. The van der Waals surface area contributed by atoms with Crippen LogP contribution in [0.25, 0.3) is 0 Å². The number of halogens is 1. The van der Waals surface area contributed by atoms with Gasteiger partial charge in [-0.2, -0.15) is 0 Å². The van der Waals surface area contributed by atoms with Crippen LogP contribution in [0, 0.1) is 5.92 Å². The number of carbonyl (C=O) groups excluding carboxylic acids is 1. The van der Waals surface area contributed by atoms with E-state index in [9.17, 15) is 4.79 Å². The van der Waals surface area contributed by atoms with Crippen LogP contribution in [0.4, 0.5) is 5.82 Å². The first kappa shape index (κ1) is 19.8. The predicted molar refractivity (Wildman–Crippen MR) is 111 cm³/mol. The third-order valence-electron chi connectivity index (χ3n) is 4.67. The molecule has 1 N–H and O–H groups in total. The van der Waals surface area contributed by atoms with Gasteiger partial charge in [0.25, 0.3) is 0 Å². The van der Waals surface area contributed by atoms with Crippen molar-refractivity contribution in [2.45, 2.75) is 39.3 Å². The molecule has 1 aromatic heterocycles. The van der Waals surface area contributed by atoms with Gasteiger partial charge < -0.3 is 10.1 Å². The number of hydrogen-bond donors (Lipinski definition) is 1. The SMILES string of the molecule is CC(C)Oc1ccccc1CN1CCC(C(=O)Nc2ccc(Br)cn2)CC1. The maximum atomic E-state index is 12.5. The second-order valence-corrected chi connectivity index (χ2v) is 8.09. The van der Waals surface area contributed by atoms with Gasteiger partial charge in [0.15, 0.2) is 0 Å². The van der Waals surface area contributed by atoms with E-state index in [1.165, 1.54) is 5.56 Å². The van der Waals surface area contributed by atoms with E-state index >= 15 is 0 Å². The first-order valence-corrected chi connectivity index (χ1v) is 10.2. The molecule has 0 spiro atoms. The average molecular weight is 432 g/mol. The number of para-hydroxylation sites is 1. The summed E-state index contributed by atoms with van der Waals surface area (Å²) >= 11 is 3.35. The van der Waals surface area contributed by atoms with Crippen molar-refractivity contribution in [3.63, 3.8) is 0 Å². The van der Waals surface area contributed by atoms with Crippen LogP contribution >= 0.6 is 15.9 Å². The van der Waals surface area contributed by atoms with Crippen LogP contribution in [-0.4, -0.2) is 35.0 Å². The Kier molecular flexibility index (Phi) is 6.85. The van der Waals surface area contributed by atoms with Gasteiger partial charge in [0.2, 0.25) is 5.91 Å². The second kappa shape index (κ2) is 9.33. The number of benzene rings is 1. The lowest BCUT2D eigenvalue weighted by molar-refractivity contribution is -0.121. The van der Waals surface area contributed by atoms with Crippen LogP contribution in [0.15, 0.2) is 47.1 Å². The molecule has 0 bridgehead atoms. The van der Waals surface area contributed by atoms with Crippen LogP contribution in [0.3, 0.4) is 0 Å². The molecule has 1 amide bonds. The number of amides is 1. The molecule has 27 heavy (non-hydrogen) atoms. The third kappa shape index (κ3) is 5.78. The van der Waals surface area contributed by atoms with Gasteiger partial charge in [0, 0.05) is 28.7 Å². The molecule has 3 rings (SSSR count). The number of anilines is 1. The zero-order chi connectivity index (χ0) is 19.2. The highest BCUT2D eigenvalue weighted by Gasteiger charge is 2.25. The fraction of sp³-hybridized carbons (Fsp3) is 0.429. The normalized spacial score (nSPS) is 15.7. The summed E-state index contributed by atoms with van der Waals surface area (Å²) < 4.78 is 6.82. The Morgan fingerprint density at radius 1 is 1.26 bits per heavy atom.